The van der Waals surface area contributed by atoms with E-state index >= 15 is 0 Å². The first-order chi connectivity index (χ1) is 10.5. The zero-order valence-corrected chi connectivity index (χ0v) is 12.7. The molecular formula is C17H21FN2O2. The lowest BCUT2D eigenvalue weighted by molar-refractivity contribution is -0.137. The Bertz CT molecular complexity index is 551. The molecule has 1 fully saturated rings. The van der Waals surface area contributed by atoms with Crippen molar-refractivity contribution in [2.24, 2.45) is 5.92 Å². The average Bonchev–Trinajstić information content (AvgIpc) is 2.53. The maximum absolute atomic E-state index is 13.0. The Morgan fingerprint density at radius 3 is 2.41 bits per heavy atom. The molecule has 1 aliphatic rings. The van der Waals surface area contributed by atoms with Gasteiger partial charge >= 0.3 is 0 Å². The summed E-state index contributed by atoms with van der Waals surface area (Å²) in [4.78, 5) is 26.1. The minimum absolute atomic E-state index is 0.201. The number of benzene rings is 1. The van der Waals surface area contributed by atoms with E-state index in [-0.39, 0.29) is 5.91 Å². The Hall–Kier alpha value is -2.17. The van der Waals surface area contributed by atoms with E-state index < -0.39 is 17.8 Å². The van der Waals surface area contributed by atoms with E-state index in [0.29, 0.717) is 24.6 Å². The third-order valence-electron chi connectivity index (χ3n) is 4.00. The van der Waals surface area contributed by atoms with E-state index in [1.165, 1.54) is 0 Å². The lowest BCUT2D eigenvalue weighted by Gasteiger charge is -2.33. The second kappa shape index (κ2) is 7.20. The molecule has 0 bridgehead atoms. The summed E-state index contributed by atoms with van der Waals surface area (Å²) in [6.45, 7) is 6.46. The van der Waals surface area contributed by atoms with Crippen LogP contribution in [-0.2, 0) is 9.59 Å². The predicted molar refractivity (Wildman–Crippen MR) is 82.6 cm³/mol. The molecule has 1 atom stereocenters. The van der Waals surface area contributed by atoms with Gasteiger partial charge in [-0.3, -0.25) is 9.59 Å². The van der Waals surface area contributed by atoms with Gasteiger partial charge in [0.05, 0.1) is 0 Å². The van der Waals surface area contributed by atoms with Crippen molar-refractivity contribution in [3.05, 3.63) is 48.3 Å². The predicted octanol–water partition coefficient (Wildman–Crippen LogP) is 2.59. The first-order valence-electron chi connectivity index (χ1n) is 7.48. The number of nitrogens with one attached hydrogen (secondary N) is 1. The van der Waals surface area contributed by atoms with Gasteiger partial charge in [0.1, 0.15) is 6.04 Å². The number of amides is 2. The van der Waals surface area contributed by atoms with Crippen molar-refractivity contribution in [2.45, 2.75) is 25.8 Å². The summed E-state index contributed by atoms with van der Waals surface area (Å²) in [5, 5.41) is 2.44. The number of nitrogens with zero attached hydrogens (tertiary/aromatic N) is 1. The lowest BCUT2D eigenvalue weighted by atomic mass is 9.97. The van der Waals surface area contributed by atoms with Crippen LogP contribution in [0.25, 0.3) is 0 Å². The molecule has 1 saturated heterocycles. The smallest absolute Gasteiger partial charge is 0.280 e. The molecule has 118 valence electrons. The number of hydrogen-bond donors (Lipinski definition) is 1. The topological polar surface area (TPSA) is 49.4 Å². The number of piperidine rings is 1. The molecule has 1 heterocycles. The Labute approximate surface area is 130 Å². The van der Waals surface area contributed by atoms with Crippen LogP contribution < -0.4 is 5.32 Å². The van der Waals surface area contributed by atoms with Crippen LogP contribution in [0.5, 0.6) is 0 Å². The van der Waals surface area contributed by atoms with Crippen LogP contribution in [0.15, 0.2) is 42.7 Å². The summed E-state index contributed by atoms with van der Waals surface area (Å²) < 4.78 is 13.0. The van der Waals surface area contributed by atoms with Crippen molar-refractivity contribution in [2.75, 3.05) is 13.1 Å². The van der Waals surface area contributed by atoms with Crippen LogP contribution >= 0.6 is 0 Å². The Morgan fingerprint density at radius 1 is 1.27 bits per heavy atom. The molecule has 0 aromatic heterocycles. The molecule has 0 radical (unpaired) electrons. The van der Waals surface area contributed by atoms with Gasteiger partial charge in [0.2, 0.25) is 5.91 Å². The third kappa shape index (κ3) is 3.93. The highest BCUT2D eigenvalue weighted by molar-refractivity contribution is 5.95. The fourth-order valence-electron chi connectivity index (χ4n) is 2.55. The summed E-state index contributed by atoms with van der Waals surface area (Å²) in [6.07, 6.45) is 1.88. The standard InChI is InChI=1S/C17H21FN2O2/c1-12-8-10-20(11-9-12)17(22)15(19-16(21)13(2)18)14-6-4-3-5-7-14/h3-7,12,15H,2,8-11H2,1H3,(H,19,21). The number of hydrogen-bond acceptors (Lipinski definition) is 2. The summed E-state index contributed by atoms with van der Waals surface area (Å²) in [7, 11) is 0. The van der Waals surface area contributed by atoms with Crippen molar-refractivity contribution < 1.29 is 14.0 Å². The largest absolute Gasteiger partial charge is 0.341 e. The highest BCUT2D eigenvalue weighted by Crippen LogP contribution is 2.22. The van der Waals surface area contributed by atoms with Gasteiger partial charge in [-0.2, -0.15) is 0 Å². The van der Waals surface area contributed by atoms with Gasteiger partial charge in [0.25, 0.3) is 5.91 Å². The molecule has 1 unspecified atom stereocenters. The fraction of sp³-hybridized carbons (Fsp3) is 0.412. The molecule has 2 amide bonds. The molecule has 22 heavy (non-hydrogen) atoms. The molecule has 4 nitrogen and oxygen atoms in total. The first-order valence-corrected chi connectivity index (χ1v) is 7.48. The van der Waals surface area contributed by atoms with Gasteiger partial charge in [-0.05, 0) is 24.3 Å². The van der Waals surface area contributed by atoms with E-state index in [1.807, 2.05) is 6.07 Å². The number of likely N-dealkylation sites (tertiary alicyclic amines) is 1. The van der Waals surface area contributed by atoms with Gasteiger partial charge in [-0.15, -0.1) is 0 Å². The summed E-state index contributed by atoms with van der Waals surface area (Å²) in [6, 6.07) is 8.00. The number of carbonyl (C=O) groups excluding carboxylic acids is 2. The summed E-state index contributed by atoms with van der Waals surface area (Å²) >= 11 is 0. The zero-order valence-electron chi connectivity index (χ0n) is 12.7. The number of rotatable bonds is 4. The minimum atomic E-state index is -1.10. The first kappa shape index (κ1) is 16.2. The van der Waals surface area contributed by atoms with Gasteiger partial charge < -0.3 is 10.2 Å². The summed E-state index contributed by atoms with van der Waals surface area (Å²) in [5.74, 6) is -1.65. The van der Waals surface area contributed by atoms with E-state index in [9.17, 15) is 14.0 Å². The second-order valence-electron chi connectivity index (χ2n) is 5.73. The van der Waals surface area contributed by atoms with Crippen LogP contribution in [-0.4, -0.2) is 29.8 Å². The van der Waals surface area contributed by atoms with Crippen LogP contribution in [0.4, 0.5) is 4.39 Å². The minimum Gasteiger partial charge on any atom is -0.341 e. The van der Waals surface area contributed by atoms with Crippen molar-refractivity contribution in [1.82, 2.24) is 10.2 Å². The van der Waals surface area contributed by atoms with E-state index in [2.05, 4.69) is 18.8 Å². The van der Waals surface area contributed by atoms with Crippen molar-refractivity contribution in [3.8, 4) is 0 Å². The Balaban J connectivity index is 2.18. The maximum atomic E-state index is 13.0. The molecule has 2 rings (SSSR count). The van der Waals surface area contributed by atoms with E-state index in [4.69, 9.17) is 0 Å². The van der Waals surface area contributed by atoms with Crippen molar-refractivity contribution in [3.63, 3.8) is 0 Å². The van der Waals surface area contributed by atoms with E-state index in [1.54, 1.807) is 29.2 Å². The SMILES string of the molecule is C=C(F)C(=O)NC(C(=O)N1CCC(C)CC1)c1ccccc1. The Morgan fingerprint density at radius 2 is 1.86 bits per heavy atom. The highest BCUT2D eigenvalue weighted by atomic mass is 19.1. The fourth-order valence-corrected chi connectivity index (χ4v) is 2.55. The van der Waals surface area contributed by atoms with Crippen molar-refractivity contribution >= 4 is 11.8 Å². The van der Waals surface area contributed by atoms with E-state index in [0.717, 1.165) is 12.8 Å². The molecule has 1 aromatic carbocycles. The van der Waals surface area contributed by atoms with Crippen molar-refractivity contribution in [1.29, 1.82) is 0 Å². The quantitative estimate of drug-likeness (QED) is 0.869. The maximum Gasteiger partial charge on any atom is 0.280 e. The summed E-state index contributed by atoms with van der Waals surface area (Å²) in [5.41, 5.74) is 0.640. The zero-order chi connectivity index (χ0) is 16.1. The highest BCUT2D eigenvalue weighted by Gasteiger charge is 2.30. The van der Waals surface area contributed by atoms with Crippen LogP contribution in [0.1, 0.15) is 31.4 Å². The van der Waals surface area contributed by atoms with Gasteiger partial charge in [0.15, 0.2) is 5.83 Å². The molecule has 5 heteroatoms. The monoisotopic (exact) mass is 304 g/mol. The van der Waals surface area contributed by atoms with Gasteiger partial charge in [0, 0.05) is 13.1 Å². The number of halogens is 1. The Kier molecular flexibility index (Phi) is 5.31. The molecular weight excluding hydrogens is 283 g/mol. The molecule has 1 N–H and O–H groups in total. The molecule has 1 aromatic rings. The van der Waals surface area contributed by atoms with Crippen LogP contribution in [0.2, 0.25) is 0 Å². The molecule has 1 aliphatic heterocycles. The van der Waals surface area contributed by atoms with Gasteiger partial charge in [-0.25, -0.2) is 4.39 Å². The lowest BCUT2D eigenvalue weighted by Crippen LogP contribution is -2.46. The normalized spacial score (nSPS) is 16.9. The molecule has 0 spiro atoms. The average molecular weight is 304 g/mol. The molecule has 0 saturated carbocycles. The second-order valence-corrected chi connectivity index (χ2v) is 5.73. The third-order valence-corrected chi connectivity index (χ3v) is 4.00. The van der Waals surface area contributed by atoms with Gasteiger partial charge in [-0.1, -0.05) is 43.8 Å². The van der Waals surface area contributed by atoms with Crippen LogP contribution in [0, 0.1) is 5.92 Å². The molecule has 0 aliphatic carbocycles. The van der Waals surface area contributed by atoms with Crippen LogP contribution in [0.3, 0.4) is 0 Å². The number of carbonyl (C=O) groups is 2.